The molecule has 4 aromatic rings. The Bertz CT molecular complexity index is 2010. The lowest BCUT2D eigenvalue weighted by molar-refractivity contribution is 0.00911. The number of benzene rings is 3. The average molecular weight is 686 g/mol. The van der Waals surface area contributed by atoms with Gasteiger partial charge in [-0.1, -0.05) is 62.4 Å². The summed E-state index contributed by atoms with van der Waals surface area (Å²) in [6.07, 6.45) is 4.76. The zero-order valence-corrected chi connectivity index (χ0v) is 29.8. The number of nitrogens with one attached hydrogen (secondary N) is 2. The minimum Gasteiger partial charge on any atom is -0.492 e. The fourth-order valence-corrected chi connectivity index (χ4v) is 6.58. The Morgan fingerprint density at radius 2 is 1.78 bits per heavy atom. The number of aromatic nitrogens is 2. The average Bonchev–Trinajstić information content (AvgIpc) is 3.48. The highest BCUT2D eigenvalue weighted by molar-refractivity contribution is 7.92. The fourth-order valence-electron chi connectivity index (χ4n) is 6.03. The van der Waals surface area contributed by atoms with Crippen LogP contribution in [0.2, 0.25) is 0 Å². The quantitative estimate of drug-likeness (QED) is 0.177. The molecule has 0 bridgehead atoms. The van der Waals surface area contributed by atoms with E-state index in [4.69, 9.17) is 14.5 Å². The van der Waals surface area contributed by atoms with Gasteiger partial charge < -0.3 is 19.4 Å². The lowest BCUT2D eigenvalue weighted by atomic mass is 9.86. The molecule has 1 aromatic heterocycles. The van der Waals surface area contributed by atoms with Crippen LogP contribution in [0.4, 0.5) is 17.1 Å². The Hall–Kier alpha value is -4.75. The molecule has 1 aliphatic carbocycles. The molecule has 0 radical (unpaired) electrons. The molecule has 6 rings (SSSR count). The fraction of sp³-hybridized carbons (Fsp3) is 0.389. The number of amides is 1. The van der Waals surface area contributed by atoms with E-state index in [1.54, 1.807) is 29.3 Å². The molecule has 1 saturated carbocycles. The van der Waals surface area contributed by atoms with E-state index in [-0.39, 0.29) is 28.8 Å². The van der Waals surface area contributed by atoms with Crippen molar-refractivity contribution in [3.8, 4) is 5.75 Å². The maximum atomic E-state index is 13.7. The zero-order valence-electron chi connectivity index (χ0n) is 28.9. The first-order valence-corrected chi connectivity index (χ1v) is 18.1. The molecule has 0 saturated heterocycles. The van der Waals surface area contributed by atoms with Gasteiger partial charge in [-0.25, -0.2) is 18.4 Å². The van der Waals surface area contributed by atoms with Crippen molar-refractivity contribution in [3.63, 3.8) is 0 Å². The SMILES string of the molecule is COc1c(NC(=O)c2ccc(C)c(N3CC(c4cnc(C5(OCc6ccccc6)CC5)n4C)N=N3)c2)cc(C(C)(C)C)cc1NS(C)(=O)=O. The van der Waals surface area contributed by atoms with Crippen LogP contribution in [0.3, 0.4) is 0 Å². The molecule has 0 spiro atoms. The van der Waals surface area contributed by atoms with E-state index in [1.165, 1.54) is 7.11 Å². The van der Waals surface area contributed by atoms with Crippen LogP contribution in [0.5, 0.6) is 5.75 Å². The van der Waals surface area contributed by atoms with Gasteiger partial charge in [0.1, 0.15) is 17.5 Å². The minimum atomic E-state index is -3.61. The van der Waals surface area contributed by atoms with Crippen molar-refractivity contribution in [2.45, 2.75) is 64.2 Å². The number of carbonyl (C=O) groups is 1. The topological polar surface area (TPSA) is 140 Å². The van der Waals surface area contributed by atoms with E-state index >= 15 is 0 Å². The van der Waals surface area contributed by atoms with Gasteiger partial charge >= 0.3 is 0 Å². The number of hydrogen-bond donors (Lipinski definition) is 2. The van der Waals surface area contributed by atoms with Crippen LogP contribution in [-0.4, -0.2) is 43.8 Å². The smallest absolute Gasteiger partial charge is 0.255 e. The molecule has 2 aliphatic rings. The maximum absolute atomic E-state index is 13.7. The summed E-state index contributed by atoms with van der Waals surface area (Å²) in [4.78, 5) is 18.5. The van der Waals surface area contributed by atoms with Crippen LogP contribution >= 0.6 is 0 Å². The summed E-state index contributed by atoms with van der Waals surface area (Å²) < 4.78 is 40.9. The minimum absolute atomic E-state index is 0.212. The molecular formula is C36H43N7O5S. The first kappa shape index (κ1) is 34.1. The monoisotopic (exact) mass is 685 g/mol. The number of hydrogen-bond acceptors (Lipinski definition) is 9. The Kier molecular flexibility index (Phi) is 9.01. The van der Waals surface area contributed by atoms with Crippen molar-refractivity contribution in [3.05, 3.63) is 101 Å². The molecule has 1 unspecified atom stereocenters. The van der Waals surface area contributed by atoms with Gasteiger partial charge in [-0.3, -0.25) is 9.52 Å². The number of anilines is 3. The van der Waals surface area contributed by atoms with Gasteiger partial charge in [-0.05, 0) is 66.1 Å². The van der Waals surface area contributed by atoms with Gasteiger partial charge in [0, 0.05) is 12.6 Å². The molecule has 12 nitrogen and oxygen atoms in total. The number of sulfonamides is 1. The van der Waals surface area contributed by atoms with Crippen molar-refractivity contribution in [1.29, 1.82) is 0 Å². The summed E-state index contributed by atoms with van der Waals surface area (Å²) in [7, 11) is -0.182. The third-order valence-electron chi connectivity index (χ3n) is 8.93. The van der Waals surface area contributed by atoms with E-state index in [0.29, 0.717) is 24.4 Å². The lowest BCUT2D eigenvalue weighted by Crippen LogP contribution is -2.21. The summed E-state index contributed by atoms with van der Waals surface area (Å²) in [6, 6.07) is 18.8. The van der Waals surface area contributed by atoms with Crippen LogP contribution in [0.15, 0.2) is 77.2 Å². The third-order valence-corrected chi connectivity index (χ3v) is 9.52. The highest BCUT2D eigenvalue weighted by Gasteiger charge is 2.50. The molecule has 2 N–H and O–H groups in total. The third kappa shape index (κ3) is 7.32. The van der Waals surface area contributed by atoms with E-state index < -0.39 is 15.6 Å². The molecule has 49 heavy (non-hydrogen) atoms. The van der Waals surface area contributed by atoms with Gasteiger partial charge in [-0.2, -0.15) is 5.11 Å². The summed E-state index contributed by atoms with van der Waals surface area (Å²) >= 11 is 0. The molecule has 1 fully saturated rings. The first-order valence-electron chi connectivity index (χ1n) is 16.2. The zero-order chi connectivity index (χ0) is 35.1. The second kappa shape index (κ2) is 12.9. The Balaban J connectivity index is 1.20. The Morgan fingerprint density at radius 3 is 2.43 bits per heavy atom. The molecule has 1 amide bonds. The maximum Gasteiger partial charge on any atom is 0.255 e. The first-order chi connectivity index (χ1) is 23.2. The molecule has 2 heterocycles. The van der Waals surface area contributed by atoms with Gasteiger partial charge in [0.05, 0.1) is 55.5 Å². The number of ether oxygens (including phenoxy) is 2. The highest BCUT2D eigenvalue weighted by Crippen LogP contribution is 2.49. The van der Waals surface area contributed by atoms with Crippen molar-refractivity contribution in [2.75, 3.05) is 35.0 Å². The molecule has 13 heteroatoms. The summed E-state index contributed by atoms with van der Waals surface area (Å²) in [6.45, 7) is 8.98. The molecular weight excluding hydrogens is 643 g/mol. The van der Waals surface area contributed by atoms with Crippen molar-refractivity contribution in [1.82, 2.24) is 9.55 Å². The predicted octanol–water partition coefficient (Wildman–Crippen LogP) is 6.79. The number of nitrogens with zero attached hydrogens (tertiary/aromatic N) is 5. The van der Waals surface area contributed by atoms with Crippen molar-refractivity contribution in [2.24, 2.45) is 17.4 Å². The normalized spacial score (nSPS) is 16.9. The van der Waals surface area contributed by atoms with Crippen LogP contribution in [0.1, 0.15) is 78.2 Å². The Labute approximate surface area is 287 Å². The van der Waals surface area contributed by atoms with Crippen molar-refractivity contribution >= 4 is 33.0 Å². The molecule has 1 aliphatic heterocycles. The summed E-state index contributed by atoms with van der Waals surface area (Å²) in [5.74, 6) is 0.720. The molecule has 258 valence electrons. The van der Waals surface area contributed by atoms with Gasteiger partial charge in [0.15, 0.2) is 5.75 Å². The van der Waals surface area contributed by atoms with E-state index in [1.807, 2.05) is 65.2 Å². The van der Waals surface area contributed by atoms with Crippen LogP contribution < -0.4 is 19.8 Å². The largest absolute Gasteiger partial charge is 0.492 e. The van der Waals surface area contributed by atoms with Crippen LogP contribution in [0.25, 0.3) is 0 Å². The summed E-state index contributed by atoms with van der Waals surface area (Å²) in [5, 5.41) is 13.8. The highest BCUT2D eigenvalue weighted by atomic mass is 32.2. The van der Waals surface area contributed by atoms with Gasteiger partial charge in [0.25, 0.3) is 5.91 Å². The Morgan fingerprint density at radius 1 is 1.06 bits per heavy atom. The van der Waals surface area contributed by atoms with Crippen molar-refractivity contribution < 1.29 is 22.7 Å². The second-order valence-electron chi connectivity index (χ2n) is 13.8. The van der Waals surface area contributed by atoms with Gasteiger partial charge in [0.2, 0.25) is 10.0 Å². The number of aryl methyl sites for hydroxylation is 1. The number of carbonyl (C=O) groups excluding carboxylic acids is 1. The lowest BCUT2D eigenvalue weighted by Gasteiger charge is -2.24. The predicted molar refractivity (Wildman–Crippen MR) is 190 cm³/mol. The van der Waals surface area contributed by atoms with Gasteiger partial charge in [-0.15, -0.1) is 0 Å². The number of methoxy groups -OCH3 is 1. The van der Waals surface area contributed by atoms with E-state index in [2.05, 4.69) is 37.1 Å². The van der Waals surface area contributed by atoms with E-state index in [0.717, 1.165) is 53.0 Å². The second-order valence-corrected chi connectivity index (χ2v) is 15.6. The number of imidazole rings is 1. The van der Waals surface area contributed by atoms with E-state index in [9.17, 15) is 13.2 Å². The molecule has 3 aromatic carbocycles. The van der Waals surface area contributed by atoms with Crippen LogP contribution in [0, 0.1) is 6.92 Å². The number of rotatable bonds is 11. The summed E-state index contributed by atoms with van der Waals surface area (Å²) in [5.41, 5.74) is 4.82. The standard InChI is InChI=1S/C36H43N7O5S/c1-23-13-14-25(33(44)38-27-18-26(35(2,3)4)19-28(32(27)47-6)40-49(7,45)46)17-30(23)43-21-29(39-41-43)31-20-37-34(42(31)5)36(15-16-36)48-22-24-11-9-8-10-12-24/h8-14,17-20,29,40H,15-16,21-22H2,1-7H3,(H,38,44). The molecule has 1 atom stereocenters. The van der Waals surface area contributed by atoms with Crippen LogP contribution in [-0.2, 0) is 39.4 Å².